The van der Waals surface area contributed by atoms with Crippen molar-refractivity contribution < 1.29 is 24.1 Å². The topological polar surface area (TPSA) is 65.0 Å². The molecule has 0 saturated heterocycles. The van der Waals surface area contributed by atoms with Crippen molar-refractivity contribution in [2.45, 2.75) is 11.0 Å². The van der Waals surface area contributed by atoms with E-state index in [1.807, 2.05) is 24.5 Å². The smallest absolute Gasteiger partial charge is 0.337 e. The van der Waals surface area contributed by atoms with Crippen LogP contribution in [0.4, 0.5) is 0 Å². The standard InChI is InChI=1S/C18H20O5S/c1-21-11-23-16-9-8-14(24-3)10-15(16)17(19)12-4-6-13(7-5-12)18(20)22-2/h4-10,17,19H,11H2,1-3H3. The van der Waals surface area contributed by atoms with E-state index in [0.717, 1.165) is 4.90 Å². The lowest BCUT2D eigenvalue weighted by Crippen LogP contribution is -2.07. The van der Waals surface area contributed by atoms with E-state index < -0.39 is 12.1 Å². The van der Waals surface area contributed by atoms with E-state index in [-0.39, 0.29) is 6.79 Å². The molecule has 0 bridgehead atoms. The van der Waals surface area contributed by atoms with Crippen molar-refractivity contribution in [1.29, 1.82) is 0 Å². The van der Waals surface area contributed by atoms with E-state index in [2.05, 4.69) is 4.74 Å². The quantitative estimate of drug-likeness (QED) is 0.471. The average Bonchev–Trinajstić information content (AvgIpc) is 2.65. The van der Waals surface area contributed by atoms with Gasteiger partial charge in [0.2, 0.25) is 0 Å². The number of thioether (sulfide) groups is 1. The first kappa shape index (κ1) is 18.3. The van der Waals surface area contributed by atoms with Crippen LogP contribution < -0.4 is 4.74 Å². The van der Waals surface area contributed by atoms with Gasteiger partial charge in [-0.25, -0.2) is 4.79 Å². The fraction of sp³-hybridized carbons (Fsp3) is 0.278. The maximum absolute atomic E-state index is 11.5. The van der Waals surface area contributed by atoms with Crippen molar-refractivity contribution >= 4 is 17.7 Å². The van der Waals surface area contributed by atoms with Crippen LogP contribution >= 0.6 is 11.8 Å². The molecule has 24 heavy (non-hydrogen) atoms. The molecule has 1 N–H and O–H groups in total. The third-order valence-corrected chi connectivity index (χ3v) is 4.22. The van der Waals surface area contributed by atoms with Gasteiger partial charge >= 0.3 is 5.97 Å². The van der Waals surface area contributed by atoms with Crippen LogP contribution in [0.15, 0.2) is 47.4 Å². The number of aliphatic hydroxyl groups is 1. The molecule has 0 heterocycles. The second-order valence-electron chi connectivity index (χ2n) is 4.97. The third-order valence-electron chi connectivity index (χ3n) is 3.49. The summed E-state index contributed by atoms with van der Waals surface area (Å²) in [5, 5.41) is 10.7. The Hall–Kier alpha value is -2.02. The number of methoxy groups -OCH3 is 2. The monoisotopic (exact) mass is 348 g/mol. The van der Waals surface area contributed by atoms with E-state index in [0.29, 0.717) is 22.4 Å². The molecule has 1 unspecified atom stereocenters. The Morgan fingerprint density at radius 2 is 1.88 bits per heavy atom. The van der Waals surface area contributed by atoms with Crippen LogP contribution in [-0.2, 0) is 9.47 Å². The summed E-state index contributed by atoms with van der Waals surface area (Å²) >= 11 is 1.58. The maximum atomic E-state index is 11.5. The maximum Gasteiger partial charge on any atom is 0.337 e. The van der Waals surface area contributed by atoms with Gasteiger partial charge in [-0.15, -0.1) is 11.8 Å². The van der Waals surface area contributed by atoms with Crippen LogP contribution in [0.1, 0.15) is 27.6 Å². The highest BCUT2D eigenvalue weighted by atomic mass is 32.2. The number of rotatable bonds is 7. The normalized spacial score (nSPS) is 11.8. The number of ether oxygens (including phenoxy) is 3. The minimum atomic E-state index is -0.879. The summed E-state index contributed by atoms with van der Waals surface area (Å²) in [5.41, 5.74) is 1.73. The number of carbonyl (C=O) groups excluding carboxylic acids is 1. The molecule has 0 amide bonds. The van der Waals surface area contributed by atoms with Crippen LogP contribution in [0.2, 0.25) is 0 Å². The highest BCUT2D eigenvalue weighted by molar-refractivity contribution is 7.98. The van der Waals surface area contributed by atoms with Crippen LogP contribution in [0.25, 0.3) is 0 Å². The zero-order valence-electron chi connectivity index (χ0n) is 13.8. The van der Waals surface area contributed by atoms with Gasteiger partial charge in [-0.2, -0.15) is 0 Å². The van der Waals surface area contributed by atoms with Crippen LogP contribution in [0.5, 0.6) is 5.75 Å². The first-order valence-corrected chi connectivity index (χ1v) is 8.49. The molecule has 2 aromatic rings. The molecule has 0 spiro atoms. The van der Waals surface area contributed by atoms with Gasteiger partial charge in [0.25, 0.3) is 0 Å². The number of carbonyl (C=O) groups is 1. The summed E-state index contributed by atoms with van der Waals surface area (Å²) in [6, 6.07) is 12.3. The SMILES string of the molecule is COCOc1ccc(SC)cc1C(O)c1ccc(C(=O)OC)cc1. The molecule has 0 radical (unpaired) electrons. The molecule has 6 heteroatoms. The Balaban J connectivity index is 2.33. The van der Waals surface area contributed by atoms with Gasteiger partial charge in [0, 0.05) is 17.6 Å². The third kappa shape index (κ3) is 4.29. The lowest BCUT2D eigenvalue weighted by Gasteiger charge is -2.17. The number of aliphatic hydroxyl groups excluding tert-OH is 1. The lowest BCUT2D eigenvalue weighted by molar-refractivity contribution is 0.0487. The number of esters is 1. The Labute approximate surface area is 145 Å². The van der Waals surface area contributed by atoms with Gasteiger partial charge in [-0.05, 0) is 42.2 Å². The largest absolute Gasteiger partial charge is 0.467 e. The van der Waals surface area contributed by atoms with Gasteiger partial charge in [0.1, 0.15) is 11.9 Å². The van der Waals surface area contributed by atoms with Gasteiger partial charge in [0.05, 0.1) is 12.7 Å². The summed E-state index contributed by atoms with van der Waals surface area (Å²) in [6.45, 7) is 0.0968. The molecule has 0 saturated carbocycles. The molecule has 2 aromatic carbocycles. The summed E-state index contributed by atoms with van der Waals surface area (Å²) < 4.78 is 15.2. The second-order valence-corrected chi connectivity index (χ2v) is 5.85. The molecule has 0 aliphatic carbocycles. The highest BCUT2D eigenvalue weighted by Crippen LogP contribution is 2.33. The van der Waals surface area contributed by atoms with Crippen LogP contribution in [-0.4, -0.2) is 38.3 Å². The first-order valence-electron chi connectivity index (χ1n) is 7.26. The number of benzene rings is 2. The van der Waals surface area contributed by atoms with Gasteiger partial charge in [-0.1, -0.05) is 12.1 Å². The van der Waals surface area contributed by atoms with E-state index in [1.165, 1.54) is 14.2 Å². The Bertz CT molecular complexity index is 684. The number of hydrogen-bond acceptors (Lipinski definition) is 6. The van der Waals surface area contributed by atoms with Gasteiger partial charge < -0.3 is 19.3 Å². The van der Waals surface area contributed by atoms with Crippen molar-refractivity contribution in [3.63, 3.8) is 0 Å². The highest BCUT2D eigenvalue weighted by Gasteiger charge is 2.17. The van der Waals surface area contributed by atoms with Crippen molar-refractivity contribution in [3.05, 3.63) is 59.2 Å². The summed E-state index contributed by atoms with van der Waals surface area (Å²) in [7, 11) is 2.87. The summed E-state index contributed by atoms with van der Waals surface area (Å²) in [4.78, 5) is 12.5. The number of hydrogen-bond donors (Lipinski definition) is 1. The molecule has 0 fully saturated rings. The fourth-order valence-corrected chi connectivity index (χ4v) is 2.67. The predicted molar refractivity (Wildman–Crippen MR) is 92.6 cm³/mol. The minimum Gasteiger partial charge on any atom is -0.467 e. The zero-order valence-corrected chi connectivity index (χ0v) is 14.6. The molecule has 128 valence electrons. The van der Waals surface area contributed by atoms with E-state index >= 15 is 0 Å². The second kappa shape index (κ2) is 8.73. The summed E-state index contributed by atoms with van der Waals surface area (Å²) in [6.07, 6.45) is 1.09. The van der Waals surface area contributed by atoms with E-state index in [4.69, 9.17) is 9.47 Å². The molecule has 2 rings (SSSR count). The van der Waals surface area contributed by atoms with Crippen molar-refractivity contribution in [3.8, 4) is 5.75 Å². The van der Waals surface area contributed by atoms with Crippen molar-refractivity contribution in [1.82, 2.24) is 0 Å². The Kier molecular flexibility index (Phi) is 6.66. The summed E-state index contributed by atoms with van der Waals surface area (Å²) in [5.74, 6) is 0.142. The average molecular weight is 348 g/mol. The minimum absolute atomic E-state index is 0.0968. The van der Waals surface area contributed by atoms with Gasteiger partial charge in [-0.3, -0.25) is 0 Å². The first-order chi connectivity index (χ1) is 11.6. The van der Waals surface area contributed by atoms with Gasteiger partial charge in [0.15, 0.2) is 6.79 Å². The Morgan fingerprint density at radius 3 is 2.46 bits per heavy atom. The molecule has 0 aliphatic heterocycles. The van der Waals surface area contributed by atoms with Crippen molar-refractivity contribution in [2.24, 2.45) is 0 Å². The zero-order chi connectivity index (χ0) is 17.5. The molecule has 0 aliphatic rings. The molecular weight excluding hydrogens is 328 g/mol. The van der Waals surface area contributed by atoms with Crippen LogP contribution in [0, 0.1) is 0 Å². The molecular formula is C18H20O5S. The van der Waals surface area contributed by atoms with E-state index in [9.17, 15) is 9.90 Å². The molecule has 0 aromatic heterocycles. The lowest BCUT2D eigenvalue weighted by atomic mass is 9.99. The van der Waals surface area contributed by atoms with Crippen molar-refractivity contribution in [2.75, 3.05) is 27.3 Å². The van der Waals surface area contributed by atoms with Crippen LogP contribution in [0.3, 0.4) is 0 Å². The molecule has 5 nitrogen and oxygen atoms in total. The fourth-order valence-electron chi connectivity index (χ4n) is 2.22. The predicted octanol–water partition coefficient (Wildman–Crippen LogP) is 3.26. The Morgan fingerprint density at radius 1 is 1.17 bits per heavy atom. The van der Waals surface area contributed by atoms with E-state index in [1.54, 1.807) is 36.0 Å². The molecule has 1 atom stereocenters.